The third-order valence-electron chi connectivity index (χ3n) is 4.48. The van der Waals surface area contributed by atoms with Crippen molar-refractivity contribution in [2.24, 2.45) is 12.0 Å². The quantitative estimate of drug-likeness (QED) is 0.538. The molecule has 2 rings (SSSR count). The molecule has 0 aliphatic rings. The topological polar surface area (TPSA) is 83.3 Å². The zero-order chi connectivity index (χ0) is 20.0. The number of amides is 1. The van der Waals surface area contributed by atoms with Gasteiger partial charge >= 0.3 is 0 Å². The van der Waals surface area contributed by atoms with E-state index in [-0.39, 0.29) is 11.9 Å². The summed E-state index contributed by atoms with van der Waals surface area (Å²) in [5.41, 5.74) is 5.40. The van der Waals surface area contributed by atoms with Crippen LogP contribution in [0.25, 0.3) is 0 Å². The van der Waals surface area contributed by atoms with Gasteiger partial charge in [-0.05, 0) is 50.5 Å². The van der Waals surface area contributed by atoms with Gasteiger partial charge in [-0.25, -0.2) is 0 Å². The Balaban J connectivity index is 1.93. The van der Waals surface area contributed by atoms with Crippen molar-refractivity contribution in [1.82, 2.24) is 20.4 Å². The summed E-state index contributed by atoms with van der Waals surface area (Å²) in [5.74, 6) is 0.666. The molecule has 146 valence electrons. The van der Waals surface area contributed by atoms with Crippen molar-refractivity contribution in [3.63, 3.8) is 0 Å². The van der Waals surface area contributed by atoms with Crippen LogP contribution >= 0.6 is 0 Å². The van der Waals surface area contributed by atoms with Crippen LogP contribution in [0.4, 0.5) is 5.69 Å². The van der Waals surface area contributed by atoms with Gasteiger partial charge in [0, 0.05) is 45.0 Å². The zero-order valence-corrected chi connectivity index (χ0v) is 17.1. The first-order chi connectivity index (χ1) is 12.8. The van der Waals surface area contributed by atoms with Crippen LogP contribution in [0.5, 0.6) is 0 Å². The van der Waals surface area contributed by atoms with Gasteiger partial charge in [-0.1, -0.05) is 12.1 Å². The first-order valence-electron chi connectivity index (χ1n) is 9.13. The minimum absolute atomic E-state index is 0.0765. The van der Waals surface area contributed by atoms with Gasteiger partial charge in [-0.2, -0.15) is 5.10 Å². The molecule has 1 amide bonds. The molecule has 0 aliphatic carbocycles. The van der Waals surface area contributed by atoms with E-state index >= 15 is 0 Å². The minimum Gasteiger partial charge on any atom is -0.354 e. The summed E-state index contributed by atoms with van der Waals surface area (Å²) in [5, 5.41) is 14.0. The molecule has 0 radical (unpaired) electrons. The predicted molar refractivity (Wildman–Crippen MR) is 110 cm³/mol. The lowest BCUT2D eigenvalue weighted by atomic mass is 10.1. The molecule has 1 aromatic carbocycles. The van der Waals surface area contributed by atoms with Gasteiger partial charge in [0.25, 0.3) is 0 Å². The SMILES string of the molecule is CN=C(NCc1cccc(NC(C)=O)c1)NC(C)Cc1c(C)nn(C)c1C. The van der Waals surface area contributed by atoms with Crippen LogP contribution in [0, 0.1) is 13.8 Å². The Morgan fingerprint density at radius 3 is 2.67 bits per heavy atom. The number of aromatic nitrogens is 2. The third kappa shape index (κ3) is 5.84. The molecular weight excluding hydrogens is 340 g/mol. The largest absolute Gasteiger partial charge is 0.354 e. The Labute approximate surface area is 161 Å². The zero-order valence-electron chi connectivity index (χ0n) is 17.1. The summed E-state index contributed by atoms with van der Waals surface area (Å²) in [6.45, 7) is 8.39. The molecule has 0 spiro atoms. The number of benzene rings is 1. The number of hydrogen-bond acceptors (Lipinski definition) is 3. The molecule has 2 aromatic rings. The third-order valence-corrected chi connectivity index (χ3v) is 4.48. The highest BCUT2D eigenvalue weighted by molar-refractivity contribution is 5.88. The second kappa shape index (κ2) is 9.21. The summed E-state index contributed by atoms with van der Waals surface area (Å²) in [6.07, 6.45) is 0.879. The predicted octanol–water partition coefficient (Wildman–Crippen LogP) is 2.29. The highest BCUT2D eigenvalue weighted by atomic mass is 16.1. The average Bonchev–Trinajstić information content (AvgIpc) is 2.84. The summed E-state index contributed by atoms with van der Waals surface area (Å²) in [7, 11) is 3.73. The summed E-state index contributed by atoms with van der Waals surface area (Å²) < 4.78 is 1.92. The fourth-order valence-electron chi connectivity index (χ4n) is 3.05. The maximum atomic E-state index is 11.2. The fourth-order valence-corrected chi connectivity index (χ4v) is 3.05. The van der Waals surface area contributed by atoms with E-state index in [1.54, 1.807) is 7.05 Å². The molecule has 27 heavy (non-hydrogen) atoms. The molecule has 1 heterocycles. The van der Waals surface area contributed by atoms with Crippen molar-refractivity contribution >= 4 is 17.6 Å². The Morgan fingerprint density at radius 1 is 1.33 bits per heavy atom. The van der Waals surface area contributed by atoms with Crippen LogP contribution in [-0.2, 0) is 24.8 Å². The van der Waals surface area contributed by atoms with Crippen molar-refractivity contribution < 1.29 is 4.79 Å². The first-order valence-corrected chi connectivity index (χ1v) is 9.13. The van der Waals surface area contributed by atoms with E-state index in [1.807, 2.05) is 42.9 Å². The van der Waals surface area contributed by atoms with Crippen molar-refractivity contribution in [2.75, 3.05) is 12.4 Å². The van der Waals surface area contributed by atoms with Gasteiger partial charge in [-0.3, -0.25) is 14.5 Å². The number of nitrogens with zero attached hydrogens (tertiary/aromatic N) is 3. The van der Waals surface area contributed by atoms with E-state index in [2.05, 4.69) is 39.9 Å². The normalized spacial score (nSPS) is 12.6. The van der Waals surface area contributed by atoms with E-state index < -0.39 is 0 Å². The number of guanidine groups is 1. The number of hydrogen-bond donors (Lipinski definition) is 3. The molecule has 0 saturated heterocycles. The fraction of sp³-hybridized carbons (Fsp3) is 0.450. The lowest BCUT2D eigenvalue weighted by Gasteiger charge is -2.18. The van der Waals surface area contributed by atoms with Crippen LogP contribution in [0.2, 0.25) is 0 Å². The summed E-state index contributed by atoms with van der Waals surface area (Å²) >= 11 is 0. The highest BCUT2D eigenvalue weighted by Crippen LogP contribution is 2.14. The first kappa shape index (κ1) is 20.5. The van der Waals surface area contributed by atoms with Crippen molar-refractivity contribution in [3.05, 3.63) is 46.8 Å². The monoisotopic (exact) mass is 370 g/mol. The van der Waals surface area contributed by atoms with Crippen LogP contribution in [0.3, 0.4) is 0 Å². The number of anilines is 1. The number of carbonyl (C=O) groups excluding carboxylic acids is 1. The molecule has 7 nitrogen and oxygen atoms in total. The second-order valence-electron chi connectivity index (χ2n) is 6.83. The van der Waals surface area contributed by atoms with E-state index in [4.69, 9.17) is 0 Å². The van der Waals surface area contributed by atoms with Crippen molar-refractivity contribution in [2.45, 2.75) is 46.7 Å². The summed E-state index contributed by atoms with van der Waals surface area (Å²) in [6, 6.07) is 7.97. The van der Waals surface area contributed by atoms with Gasteiger partial charge in [0.2, 0.25) is 5.91 Å². The van der Waals surface area contributed by atoms with Crippen LogP contribution in [0.1, 0.15) is 36.4 Å². The molecule has 3 N–H and O–H groups in total. The maximum Gasteiger partial charge on any atom is 0.221 e. The molecule has 0 saturated carbocycles. The summed E-state index contributed by atoms with van der Waals surface area (Å²) in [4.78, 5) is 15.5. The van der Waals surface area contributed by atoms with E-state index in [0.717, 1.165) is 29.3 Å². The van der Waals surface area contributed by atoms with Gasteiger partial charge in [-0.15, -0.1) is 0 Å². The van der Waals surface area contributed by atoms with E-state index in [1.165, 1.54) is 18.2 Å². The Morgan fingerprint density at radius 2 is 2.07 bits per heavy atom. The Bertz CT molecular complexity index is 824. The van der Waals surface area contributed by atoms with Crippen molar-refractivity contribution in [3.8, 4) is 0 Å². The Hall–Kier alpha value is -2.83. The van der Waals surface area contributed by atoms with Crippen LogP contribution < -0.4 is 16.0 Å². The smallest absolute Gasteiger partial charge is 0.221 e. The van der Waals surface area contributed by atoms with Gasteiger partial charge in [0.1, 0.15) is 0 Å². The second-order valence-corrected chi connectivity index (χ2v) is 6.83. The molecule has 7 heteroatoms. The molecule has 1 atom stereocenters. The van der Waals surface area contributed by atoms with Gasteiger partial charge in [0.05, 0.1) is 5.69 Å². The van der Waals surface area contributed by atoms with Crippen LogP contribution in [-0.4, -0.2) is 34.7 Å². The maximum absolute atomic E-state index is 11.2. The minimum atomic E-state index is -0.0765. The van der Waals surface area contributed by atoms with E-state index in [0.29, 0.717) is 6.54 Å². The number of aliphatic imine (C=N–C) groups is 1. The molecular formula is C20H30N6O. The number of nitrogens with one attached hydrogen (secondary N) is 3. The molecule has 1 unspecified atom stereocenters. The highest BCUT2D eigenvalue weighted by Gasteiger charge is 2.14. The lowest BCUT2D eigenvalue weighted by Crippen LogP contribution is -2.42. The number of rotatable bonds is 6. The molecule has 0 aliphatic heterocycles. The van der Waals surface area contributed by atoms with E-state index in [9.17, 15) is 4.79 Å². The lowest BCUT2D eigenvalue weighted by molar-refractivity contribution is -0.114. The van der Waals surface area contributed by atoms with Crippen molar-refractivity contribution in [1.29, 1.82) is 0 Å². The Kier molecular flexibility index (Phi) is 6.98. The van der Waals surface area contributed by atoms with Crippen LogP contribution in [0.15, 0.2) is 29.3 Å². The van der Waals surface area contributed by atoms with Gasteiger partial charge < -0.3 is 16.0 Å². The van der Waals surface area contributed by atoms with Gasteiger partial charge in [0.15, 0.2) is 5.96 Å². The molecule has 1 aromatic heterocycles. The average molecular weight is 371 g/mol. The number of carbonyl (C=O) groups is 1. The number of aryl methyl sites for hydroxylation is 2. The molecule has 0 fully saturated rings. The molecule has 0 bridgehead atoms. The standard InChI is InChI=1S/C20H30N6O/c1-13(10-19-14(2)25-26(6)15(19)3)23-20(21-5)22-12-17-8-7-9-18(11-17)24-16(4)27/h7-9,11,13H,10,12H2,1-6H3,(H,24,27)(H2,21,22,23).